The van der Waals surface area contributed by atoms with E-state index in [9.17, 15) is 13.0 Å². The molecule has 0 aliphatic carbocycles. The molecule has 0 amide bonds. The third-order valence-electron chi connectivity index (χ3n) is 7.49. The Morgan fingerprint density at radius 2 is 0.921 bits per heavy atom. The summed E-state index contributed by atoms with van der Waals surface area (Å²) in [5.41, 5.74) is 0. The molecule has 0 aromatic heterocycles. The molecule has 0 N–H and O–H groups in total. The molecule has 0 aliphatic rings. The van der Waals surface area contributed by atoms with Gasteiger partial charge < -0.3 is 4.55 Å². The summed E-state index contributed by atoms with van der Waals surface area (Å²) < 4.78 is 37.3. The molecule has 0 aliphatic heterocycles. The molecule has 0 spiro atoms. The van der Waals surface area contributed by atoms with Gasteiger partial charge in [0.1, 0.15) is 0 Å². The van der Waals surface area contributed by atoms with E-state index in [1.807, 2.05) is 0 Å². The van der Waals surface area contributed by atoms with Gasteiger partial charge in [-0.25, -0.2) is 8.42 Å². The molecule has 6 heteroatoms. The molecule has 0 fully saturated rings. The van der Waals surface area contributed by atoms with Crippen molar-refractivity contribution in [2.24, 2.45) is 5.92 Å². The summed E-state index contributed by atoms with van der Waals surface area (Å²) in [5.74, 6) is 0.0178. The van der Waals surface area contributed by atoms with Crippen LogP contribution < -0.4 is 29.6 Å². The first kappa shape index (κ1) is 40.7. The molecule has 0 bridgehead atoms. The van der Waals surface area contributed by atoms with Crippen molar-refractivity contribution in [3.8, 4) is 0 Å². The van der Waals surface area contributed by atoms with Crippen molar-refractivity contribution in [3.05, 3.63) is 12.2 Å². The van der Waals surface area contributed by atoms with Gasteiger partial charge in [-0.05, 0) is 19.3 Å². The number of allylic oxidation sites excluding steroid dienone is 1. The first-order valence-corrected chi connectivity index (χ1v) is 17.6. The van der Waals surface area contributed by atoms with Gasteiger partial charge in [0.2, 0.25) is 10.4 Å². The molecule has 38 heavy (non-hydrogen) atoms. The molecular formula is C32H63NaO4S. The fraction of sp³-hybridized carbons (Fsp3) is 0.938. The van der Waals surface area contributed by atoms with Gasteiger partial charge in [-0.1, -0.05) is 174 Å². The summed E-state index contributed by atoms with van der Waals surface area (Å²) in [7, 11) is -4.62. The van der Waals surface area contributed by atoms with Crippen LogP contribution in [0.4, 0.5) is 0 Å². The predicted molar refractivity (Wildman–Crippen MR) is 160 cm³/mol. The third-order valence-corrected chi connectivity index (χ3v) is 7.91. The number of unbranched alkanes of at least 4 members (excludes halogenated alkanes) is 23. The Labute approximate surface area is 261 Å². The Balaban J connectivity index is 0. The van der Waals surface area contributed by atoms with Crippen molar-refractivity contribution in [1.82, 2.24) is 0 Å². The van der Waals surface area contributed by atoms with Gasteiger partial charge >= 0.3 is 29.6 Å². The van der Waals surface area contributed by atoms with Crippen LogP contribution in [-0.2, 0) is 14.6 Å². The van der Waals surface area contributed by atoms with Gasteiger partial charge in [0.05, 0.1) is 6.61 Å². The largest absolute Gasteiger partial charge is 1.00 e. The summed E-state index contributed by atoms with van der Waals surface area (Å²) in [4.78, 5) is 0. The van der Waals surface area contributed by atoms with E-state index in [1.54, 1.807) is 0 Å². The zero-order valence-corrected chi connectivity index (χ0v) is 28.7. The summed E-state index contributed by atoms with van der Waals surface area (Å²) >= 11 is 0. The average molecular weight is 567 g/mol. The Morgan fingerprint density at radius 1 is 0.579 bits per heavy atom. The molecular weight excluding hydrogens is 503 g/mol. The van der Waals surface area contributed by atoms with Gasteiger partial charge in [0, 0.05) is 5.92 Å². The normalized spacial score (nSPS) is 12.7. The topological polar surface area (TPSA) is 66.4 Å². The van der Waals surface area contributed by atoms with Gasteiger partial charge in [-0.3, -0.25) is 4.18 Å². The second-order valence-corrected chi connectivity index (χ2v) is 12.3. The molecule has 222 valence electrons. The van der Waals surface area contributed by atoms with E-state index >= 15 is 0 Å². The Bertz CT molecular complexity index is 580. The third kappa shape index (κ3) is 34.6. The van der Waals surface area contributed by atoms with Gasteiger partial charge in [-0.15, -0.1) is 0 Å². The van der Waals surface area contributed by atoms with Crippen LogP contribution in [-0.4, -0.2) is 19.6 Å². The maximum absolute atomic E-state index is 10.9. The minimum absolute atomic E-state index is 0. The zero-order valence-electron chi connectivity index (χ0n) is 25.9. The van der Waals surface area contributed by atoms with Gasteiger partial charge in [-0.2, -0.15) is 0 Å². The van der Waals surface area contributed by atoms with Gasteiger partial charge in [0.25, 0.3) is 0 Å². The minimum Gasteiger partial charge on any atom is -0.726 e. The van der Waals surface area contributed by atoms with Crippen LogP contribution in [0.3, 0.4) is 0 Å². The molecule has 1 unspecified atom stereocenters. The monoisotopic (exact) mass is 566 g/mol. The summed E-state index contributed by atoms with van der Waals surface area (Å²) in [5, 5.41) is 0. The minimum atomic E-state index is -4.62. The number of hydrogen-bond acceptors (Lipinski definition) is 4. The van der Waals surface area contributed by atoms with Crippen LogP contribution in [0.15, 0.2) is 12.2 Å². The van der Waals surface area contributed by atoms with Crippen LogP contribution in [0.25, 0.3) is 0 Å². The Hall–Kier alpha value is 0.610. The summed E-state index contributed by atoms with van der Waals surface area (Å²) in [6.45, 7) is 4.52. The summed E-state index contributed by atoms with van der Waals surface area (Å²) in [6, 6.07) is 0. The number of rotatable bonds is 30. The van der Waals surface area contributed by atoms with Crippen LogP contribution in [0.2, 0.25) is 0 Å². The molecule has 0 aromatic rings. The van der Waals surface area contributed by atoms with Crippen molar-refractivity contribution in [2.45, 2.75) is 181 Å². The summed E-state index contributed by atoms with van der Waals surface area (Å²) in [6.07, 6.45) is 38.0. The standard InChI is InChI=1S/C32H64O4S.Na/c1-3-5-7-9-11-13-15-17-18-20-22-24-26-28-30-32(31-36-37(33,34)35)29-27-25-23-21-19-16-14-12-10-8-6-4-2;/h28,30,32H,3-27,29,31H2,1-2H3,(H,33,34,35);/q;+1/p-1/b30-28+;. The van der Waals surface area contributed by atoms with E-state index in [1.165, 1.54) is 148 Å². The van der Waals surface area contributed by atoms with E-state index in [2.05, 4.69) is 30.2 Å². The molecule has 0 saturated carbocycles. The van der Waals surface area contributed by atoms with Crippen LogP contribution >= 0.6 is 0 Å². The average Bonchev–Trinajstić information content (AvgIpc) is 2.87. The van der Waals surface area contributed by atoms with E-state index in [0.29, 0.717) is 0 Å². The van der Waals surface area contributed by atoms with Gasteiger partial charge in [0.15, 0.2) is 0 Å². The zero-order chi connectivity index (χ0) is 27.3. The SMILES string of the molecule is CCCCCCCCCCCCCC/C=C/C(CCCCCCCCCCCCCC)COS(=O)(=O)[O-].[Na+]. The van der Waals surface area contributed by atoms with E-state index < -0.39 is 10.4 Å². The van der Waals surface area contributed by atoms with E-state index in [-0.39, 0.29) is 42.1 Å². The molecule has 0 rings (SSSR count). The maximum atomic E-state index is 10.9. The quantitative estimate of drug-likeness (QED) is 0.0292. The fourth-order valence-electron chi connectivity index (χ4n) is 5.05. The Morgan fingerprint density at radius 3 is 1.29 bits per heavy atom. The van der Waals surface area contributed by atoms with Crippen molar-refractivity contribution >= 4 is 10.4 Å². The van der Waals surface area contributed by atoms with Crippen molar-refractivity contribution in [1.29, 1.82) is 0 Å². The molecule has 0 radical (unpaired) electrons. The molecule has 0 saturated heterocycles. The second-order valence-electron chi connectivity index (χ2n) is 11.2. The predicted octanol–water partition coefficient (Wildman–Crippen LogP) is 7.82. The van der Waals surface area contributed by atoms with Crippen LogP contribution in [0.1, 0.15) is 181 Å². The van der Waals surface area contributed by atoms with Crippen molar-refractivity contribution in [3.63, 3.8) is 0 Å². The number of hydrogen-bond donors (Lipinski definition) is 0. The molecule has 4 nitrogen and oxygen atoms in total. The van der Waals surface area contributed by atoms with E-state index in [0.717, 1.165) is 19.3 Å². The molecule has 0 aromatic carbocycles. The first-order chi connectivity index (χ1) is 18.0. The molecule has 1 atom stereocenters. The molecule has 0 heterocycles. The maximum Gasteiger partial charge on any atom is 1.00 e. The fourth-order valence-corrected chi connectivity index (χ4v) is 5.39. The van der Waals surface area contributed by atoms with Crippen LogP contribution in [0, 0.1) is 5.92 Å². The smallest absolute Gasteiger partial charge is 0.726 e. The van der Waals surface area contributed by atoms with Crippen molar-refractivity contribution in [2.75, 3.05) is 6.61 Å². The van der Waals surface area contributed by atoms with E-state index in [4.69, 9.17) is 0 Å². The first-order valence-electron chi connectivity index (χ1n) is 16.3. The Kier molecular flexibility index (Phi) is 34.5. The second kappa shape index (κ2) is 32.1. The van der Waals surface area contributed by atoms with Crippen LogP contribution in [0.5, 0.6) is 0 Å². The van der Waals surface area contributed by atoms with Crippen molar-refractivity contribution < 1.29 is 46.7 Å².